The quantitative estimate of drug-likeness (QED) is 0.196. The largest absolute Gasteiger partial charge is 0.450 e. The predicted molar refractivity (Wildman–Crippen MR) is 162 cm³/mol. The van der Waals surface area contributed by atoms with Crippen molar-refractivity contribution in [3.8, 4) is 0 Å². The van der Waals surface area contributed by atoms with E-state index in [0.29, 0.717) is 32.7 Å². The Kier molecular flexibility index (Phi) is 12.6. The van der Waals surface area contributed by atoms with Crippen molar-refractivity contribution in [2.45, 2.75) is 105 Å². The lowest BCUT2D eigenvalue weighted by Gasteiger charge is -2.46. The second kappa shape index (κ2) is 15.0. The van der Waals surface area contributed by atoms with Crippen molar-refractivity contribution in [2.75, 3.05) is 39.9 Å². The minimum Gasteiger partial charge on any atom is -0.450 e. The van der Waals surface area contributed by atoms with Crippen LogP contribution in [0.1, 0.15) is 93.4 Å². The van der Waals surface area contributed by atoms with Gasteiger partial charge in [-0.05, 0) is 73.5 Å². The van der Waals surface area contributed by atoms with Gasteiger partial charge in [0.2, 0.25) is 0 Å². The summed E-state index contributed by atoms with van der Waals surface area (Å²) in [6, 6.07) is -0.451. The molecule has 6 amide bonds. The molecule has 12 heteroatoms. The fourth-order valence-electron chi connectivity index (χ4n) is 7.47. The highest BCUT2D eigenvalue weighted by molar-refractivity contribution is 5.74. The number of urea groups is 2. The van der Waals surface area contributed by atoms with Gasteiger partial charge >= 0.3 is 24.2 Å². The van der Waals surface area contributed by atoms with E-state index >= 15 is 0 Å². The summed E-state index contributed by atoms with van der Waals surface area (Å²) < 4.78 is 10.4. The SMILES string of the molecule is CCOC(=O)NC1CC(C)(C)CC(C)(CNC(=O)NCCCOC(=O)NCC2(C)CC(NC(=O)NC)CC(C)(C)C2)C1. The Labute approximate surface area is 251 Å². The van der Waals surface area contributed by atoms with Crippen molar-refractivity contribution in [1.82, 2.24) is 31.9 Å². The number of rotatable bonds is 11. The number of hydrogen-bond acceptors (Lipinski definition) is 6. The van der Waals surface area contributed by atoms with E-state index in [-0.39, 0.29) is 52.4 Å². The second-order valence-electron chi connectivity index (χ2n) is 14.6. The molecule has 2 aliphatic rings. The Hall–Kier alpha value is -2.92. The molecule has 4 atom stereocenters. The first kappa shape index (κ1) is 35.3. The van der Waals surface area contributed by atoms with E-state index < -0.39 is 12.2 Å². The zero-order valence-corrected chi connectivity index (χ0v) is 27.1. The molecule has 0 heterocycles. The van der Waals surface area contributed by atoms with Gasteiger partial charge in [0.1, 0.15) is 0 Å². The molecule has 2 saturated carbocycles. The van der Waals surface area contributed by atoms with Crippen LogP contribution in [0.5, 0.6) is 0 Å². The topological polar surface area (TPSA) is 159 Å². The molecule has 0 saturated heterocycles. The summed E-state index contributed by atoms with van der Waals surface area (Å²) in [5.41, 5.74) is -0.303. The molecule has 4 unspecified atom stereocenters. The van der Waals surface area contributed by atoms with E-state index in [2.05, 4.69) is 73.4 Å². The summed E-state index contributed by atoms with van der Waals surface area (Å²) in [7, 11) is 1.60. The van der Waals surface area contributed by atoms with E-state index in [4.69, 9.17) is 9.47 Å². The van der Waals surface area contributed by atoms with Crippen molar-refractivity contribution in [2.24, 2.45) is 21.7 Å². The lowest BCUT2D eigenvalue weighted by Crippen LogP contribution is -2.51. The third-order valence-electron chi connectivity index (χ3n) is 8.22. The average Bonchev–Trinajstić information content (AvgIpc) is 2.83. The van der Waals surface area contributed by atoms with Crippen molar-refractivity contribution in [3.63, 3.8) is 0 Å². The number of amides is 6. The third-order valence-corrected chi connectivity index (χ3v) is 8.22. The Bertz CT molecular complexity index is 943. The van der Waals surface area contributed by atoms with Crippen molar-refractivity contribution < 1.29 is 28.7 Å². The zero-order valence-electron chi connectivity index (χ0n) is 27.1. The standard InChI is InChI=1S/C30H56N6O6/c1-9-41-26(40)36-22-14-28(4,5)17-29(6,16-22)19-33-24(38)32-11-10-12-42-25(39)34-20-30(7)15-21(35-23(37)31-8)13-27(2,3)18-30/h21-22H,9-20H2,1-8H3,(H,34,39)(H,36,40)(H2,31,35,37)(H2,32,33,38). The average molecular weight is 597 g/mol. The fourth-order valence-corrected chi connectivity index (χ4v) is 7.47. The predicted octanol–water partition coefficient (Wildman–Crippen LogP) is 4.25. The minimum absolute atomic E-state index is 0.0150. The van der Waals surface area contributed by atoms with Crippen LogP contribution in [0.2, 0.25) is 0 Å². The van der Waals surface area contributed by atoms with E-state index in [1.165, 1.54) is 0 Å². The Morgan fingerprint density at radius 2 is 1.24 bits per heavy atom. The molecule has 2 aliphatic carbocycles. The number of alkyl carbamates (subject to hydrolysis) is 2. The summed E-state index contributed by atoms with van der Waals surface area (Å²) in [6.45, 7) is 16.6. The van der Waals surface area contributed by atoms with Crippen LogP contribution < -0.4 is 31.9 Å². The van der Waals surface area contributed by atoms with Crippen LogP contribution in [-0.2, 0) is 9.47 Å². The van der Waals surface area contributed by atoms with Crippen LogP contribution in [0.3, 0.4) is 0 Å². The first-order valence-corrected chi connectivity index (χ1v) is 15.3. The highest BCUT2D eigenvalue weighted by Crippen LogP contribution is 2.46. The first-order chi connectivity index (χ1) is 19.5. The summed E-state index contributed by atoms with van der Waals surface area (Å²) in [5, 5.41) is 17.3. The number of carbonyl (C=O) groups excluding carboxylic acids is 4. The molecule has 6 N–H and O–H groups in total. The summed E-state index contributed by atoms with van der Waals surface area (Å²) in [6.07, 6.45) is 4.69. The maximum absolute atomic E-state index is 12.4. The molecule has 2 fully saturated rings. The van der Waals surface area contributed by atoms with Gasteiger partial charge < -0.3 is 41.4 Å². The number of ether oxygens (including phenoxy) is 2. The molecule has 2 rings (SSSR count). The Morgan fingerprint density at radius 1 is 0.690 bits per heavy atom. The van der Waals surface area contributed by atoms with Crippen LogP contribution in [0.4, 0.5) is 19.2 Å². The fraction of sp³-hybridized carbons (Fsp3) is 0.867. The highest BCUT2D eigenvalue weighted by atomic mass is 16.6. The van der Waals surface area contributed by atoms with Gasteiger partial charge in [-0.2, -0.15) is 0 Å². The second-order valence-corrected chi connectivity index (χ2v) is 14.6. The van der Waals surface area contributed by atoms with Gasteiger partial charge in [0, 0.05) is 38.8 Å². The van der Waals surface area contributed by atoms with Gasteiger partial charge in [-0.3, -0.25) is 0 Å². The molecule has 0 aliphatic heterocycles. The lowest BCUT2D eigenvalue weighted by atomic mass is 9.62. The lowest BCUT2D eigenvalue weighted by molar-refractivity contribution is 0.0672. The van der Waals surface area contributed by atoms with Gasteiger partial charge in [-0.25, -0.2) is 19.2 Å². The molecular weight excluding hydrogens is 540 g/mol. The molecule has 0 aromatic rings. The van der Waals surface area contributed by atoms with E-state index in [9.17, 15) is 19.2 Å². The Morgan fingerprint density at radius 3 is 1.79 bits per heavy atom. The van der Waals surface area contributed by atoms with Crippen LogP contribution in [0, 0.1) is 21.7 Å². The van der Waals surface area contributed by atoms with E-state index in [1.54, 1.807) is 14.0 Å². The maximum Gasteiger partial charge on any atom is 0.407 e. The number of hydrogen-bond donors (Lipinski definition) is 6. The zero-order chi connectivity index (χ0) is 31.6. The molecule has 0 spiro atoms. The molecule has 12 nitrogen and oxygen atoms in total. The van der Waals surface area contributed by atoms with Crippen LogP contribution in [-0.4, -0.2) is 76.2 Å². The smallest absolute Gasteiger partial charge is 0.407 e. The molecule has 0 aromatic carbocycles. The molecule has 0 radical (unpaired) electrons. The number of nitrogens with one attached hydrogen (secondary N) is 6. The summed E-state index contributed by atoms with van der Waals surface area (Å²) >= 11 is 0. The van der Waals surface area contributed by atoms with Crippen LogP contribution >= 0.6 is 0 Å². The van der Waals surface area contributed by atoms with Gasteiger partial charge in [-0.1, -0.05) is 41.5 Å². The first-order valence-electron chi connectivity index (χ1n) is 15.3. The molecule has 42 heavy (non-hydrogen) atoms. The maximum atomic E-state index is 12.4. The number of carbonyl (C=O) groups is 4. The van der Waals surface area contributed by atoms with Gasteiger partial charge in [0.05, 0.1) is 13.2 Å². The van der Waals surface area contributed by atoms with Crippen LogP contribution in [0.25, 0.3) is 0 Å². The molecule has 0 bridgehead atoms. The van der Waals surface area contributed by atoms with Crippen molar-refractivity contribution in [3.05, 3.63) is 0 Å². The van der Waals surface area contributed by atoms with Gasteiger partial charge in [0.15, 0.2) is 0 Å². The highest BCUT2D eigenvalue weighted by Gasteiger charge is 2.43. The molecule has 242 valence electrons. The van der Waals surface area contributed by atoms with Crippen LogP contribution in [0.15, 0.2) is 0 Å². The molecule has 0 aromatic heterocycles. The summed E-state index contributed by atoms with van der Waals surface area (Å²) in [4.78, 5) is 48.6. The normalized spacial score (nSPS) is 28.0. The third kappa shape index (κ3) is 12.5. The Balaban J connectivity index is 1.68. The van der Waals surface area contributed by atoms with Crippen molar-refractivity contribution >= 4 is 24.2 Å². The van der Waals surface area contributed by atoms with Gasteiger partial charge in [0.25, 0.3) is 0 Å². The van der Waals surface area contributed by atoms with E-state index in [1.807, 2.05) is 0 Å². The minimum atomic E-state index is -0.487. The summed E-state index contributed by atoms with van der Waals surface area (Å²) in [5.74, 6) is 0. The monoisotopic (exact) mass is 596 g/mol. The van der Waals surface area contributed by atoms with E-state index in [0.717, 1.165) is 38.5 Å². The van der Waals surface area contributed by atoms with Gasteiger partial charge in [-0.15, -0.1) is 0 Å². The molecular formula is C30H56N6O6. The van der Waals surface area contributed by atoms with Crippen molar-refractivity contribution in [1.29, 1.82) is 0 Å².